The maximum atomic E-state index is 12.4. The molecule has 0 spiro atoms. The molecule has 2 N–H and O–H groups in total. The molecule has 1 aromatic heterocycles. The minimum atomic E-state index is -5.13. The summed E-state index contributed by atoms with van der Waals surface area (Å²) in [5.74, 6) is -0.738. The van der Waals surface area contributed by atoms with E-state index in [-0.39, 0.29) is 36.1 Å². The van der Waals surface area contributed by atoms with Crippen molar-refractivity contribution >= 4 is 43.8 Å². The molecule has 1 fully saturated rings. The number of urea groups is 1. The van der Waals surface area contributed by atoms with Gasteiger partial charge in [-0.3, -0.25) is 4.79 Å². The van der Waals surface area contributed by atoms with Crippen molar-refractivity contribution in [2.75, 3.05) is 6.54 Å². The van der Waals surface area contributed by atoms with Crippen LogP contribution in [-0.2, 0) is 19.5 Å². The van der Waals surface area contributed by atoms with Crippen molar-refractivity contribution < 1.29 is 56.4 Å². The zero-order valence-corrected chi connectivity index (χ0v) is 16.5. The molecule has 2 aromatic rings. The molecule has 0 aliphatic carbocycles. The molecule has 3 amide bonds. The number of thiophene rings is 1. The Morgan fingerprint density at radius 3 is 2.68 bits per heavy atom. The van der Waals surface area contributed by atoms with Gasteiger partial charge in [-0.1, -0.05) is 18.2 Å². The van der Waals surface area contributed by atoms with Crippen LogP contribution in [0.1, 0.15) is 22.5 Å². The van der Waals surface area contributed by atoms with Gasteiger partial charge in [0.05, 0.1) is 6.54 Å². The predicted molar refractivity (Wildman–Crippen MR) is 81.2 cm³/mol. The van der Waals surface area contributed by atoms with Crippen LogP contribution in [0.5, 0.6) is 0 Å². The Kier molecular flexibility index (Phi) is 4.60. The number of hydroxylamine groups is 2. The Labute approximate surface area is 168 Å². The van der Waals surface area contributed by atoms with Gasteiger partial charge in [-0.05, 0) is 11.5 Å². The molecule has 2 aliphatic rings. The van der Waals surface area contributed by atoms with Crippen LogP contribution >= 0.6 is 11.3 Å². The third-order valence-corrected chi connectivity index (χ3v) is 5.71. The van der Waals surface area contributed by atoms with Crippen molar-refractivity contribution in [3.63, 3.8) is 0 Å². The number of hydrogen-bond donors (Lipinski definition) is 1. The summed E-state index contributed by atoms with van der Waals surface area (Å²) in [7, 11) is -5.13. The van der Waals surface area contributed by atoms with Crippen LogP contribution in [-0.4, -0.2) is 41.4 Å². The largest absolute Gasteiger partial charge is 1.00 e. The van der Waals surface area contributed by atoms with Gasteiger partial charge < -0.3 is 15.2 Å². The summed E-state index contributed by atoms with van der Waals surface area (Å²) >= 11 is 1.31. The normalized spacial score (nSPS) is 22.0. The molecule has 1 aromatic carbocycles. The number of rotatable bonds is 3. The molecule has 12 heteroatoms. The summed E-state index contributed by atoms with van der Waals surface area (Å²) in [6.07, 6.45) is 0. The first-order valence-corrected chi connectivity index (χ1v) is 8.99. The maximum Gasteiger partial charge on any atom is 1.00 e. The van der Waals surface area contributed by atoms with Crippen LogP contribution in [0, 0.1) is 0 Å². The van der Waals surface area contributed by atoms with Crippen LogP contribution in [0.3, 0.4) is 0 Å². The second kappa shape index (κ2) is 6.20. The van der Waals surface area contributed by atoms with Crippen molar-refractivity contribution in [2.24, 2.45) is 5.73 Å². The van der Waals surface area contributed by atoms with E-state index in [0.29, 0.717) is 15.5 Å². The first-order valence-electron chi connectivity index (χ1n) is 6.84. The molecule has 0 saturated carbocycles. The number of carbonyl (C=O) groups excluding carboxylic acids is 2. The van der Waals surface area contributed by atoms with Gasteiger partial charge in [-0.25, -0.2) is 13.2 Å². The van der Waals surface area contributed by atoms with E-state index in [2.05, 4.69) is 4.28 Å². The molecule has 126 valence electrons. The quantitative estimate of drug-likeness (QED) is 0.353. The number of benzene rings is 1. The van der Waals surface area contributed by atoms with Gasteiger partial charge in [0.15, 0.2) is 0 Å². The molecular formula is C13H10N3NaO6S2. The second-order valence-corrected chi connectivity index (χ2v) is 7.49. The monoisotopic (exact) mass is 391 g/mol. The molecule has 2 unspecified atom stereocenters. The molecule has 2 atom stereocenters. The van der Waals surface area contributed by atoms with E-state index in [1.54, 1.807) is 12.1 Å². The van der Waals surface area contributed by atoms with Crippen molar-refractivity contribution in [3.05, 3.63) is 34.7 Å². The molecule has 3 heterocycles. The van der Waals surface area contributed by atoms with Gasteiger partial charge in [-0.15, -0.1) is 11.3 Å². The minimum absolute atomic E-state index is 0. The second-order valence-electron chi connectivity index (χ2n) is 5.44. The number of fused-ring (bicyclic) bond motifs is 6. The minimum Gasteiger partial charge on any atom is -0.724 e. The van der Waals surface area contributed by atoms with Crippen LogP contribution in [0.4, 0.5) is 4.79 Å². The van der Waals surface area contributed by atoms with Crippen molar-refractivity contribution in [3.8, 4) is 0 Å². The molecule has 2 bridgehead atoms. The van der Waals surface area contributed by atoms with Gasteiger partial charge in [0.2, 0.25) is 16.3 Å². The third kappa shape index (κ3) is 2.85. The summed E-state index contributed by atoms with van der Waals surface area (Å²) in [4.78, 5) is 26.1. The van der Waals surface area contributed by atoms with E-state index in [4.69, 9.17) is 5.73 Å². The Balaban J connectivity index is 0.00000182. The maximum absolute atomic E-state index is 12.4. The average molecular weight is 391 g/mol. The topological polar surface area (TPSA) is 133 Å². The summed E-state index contributed by atoms with van der Waals surface area (Å²) in [5, 5.41) is 1.27. The Bertz CT molecular complexity index is 991. The fourth-order valence-electron chi connectivity index (χ4n) is 3.25. The number of hydrogen-bond acceptors (Lipinski definition) is 7. The molecule has 4 rings (SSSR count). The molecule has 1 saturated heterocycles. The number of nitrogens with zero attached hydrogens (tertiary/aromatic N) is 2. The Morgan fingerprint density at radius 1 is 1.36 bits per heavy atom. The summed E-state index contributed by atoms with van der Waals surface area (Å²) < 4.78 is 38.0. The number of amides is 3. The standard InChI is InChI=1S/C13H11N3O6S2.Na/c14-12(17)10-9-6-3-1-2-4-8(6)23-11(9)7-5-15(10)13(18)16(7)22-24(19,20)21;/h1-4,7,10H,5H2,(H2,14,17)(H,19,20,21);/q;+1/p-1. The Morgan fingerprint density at radius 2 is 2.04 bits per heavy atom. The number of nitrogens with two attached hydrogens (primary N) is 1. The Hall–Kier alpha value is -1.21. The van der Waals surface area contributed by atoms with Gasteiger partial charge in [0, 0.05) is 15.1 Å². The van der Waals surface area contributed by atoms with E-state index in [9.17, 15) is 22.6 Å². The summed E-state index contributed by atoms with van der Waals surface area (Å²) in [5.41, 5.74) is 6.04. The number of carbonyl (C=O) groups is 2. The van der Waals surface area contributed by atoms with Gasteiger partial charge in [-0.2, -0.15) is 9.35 Å². The predicted octanol–water partition coefficient (Wildman–Crippen LogP) is -2.38. The molecule has 9 nitrogen and oxygen atoms in total. The van der Waals surface area contributed by atoms with Crippen molar-refractivity contribution in [2.45, 2.75) is 12.1 Å². The van der Waals surface area contributed by atoms with Gasteiger partial charge in [0.1, 0.15) is 12.1 Å². The van der Waals surface area contributed by atoms with Crippen LogP contribution in [0.15, 0.2) is 24.3 Å². The van der Waals surface area contributed by atoms with Crippen molar-refractivity contribution in [1.82, 2.24) is 9.96 Å². The third-order valence-electron chi connectivity index (χ3n) is 4.08. The van der Waals surface area contributed by atoms with Crippen LogP contribution < -0.4 is 35.3 Å². The SMILES string of the molecule is NC(=O)C1c2c(sc3ccccc23)C2CN1C(=O)N2OS(=O)(=O)[O-].[Na+]. The fourth-order valence-corrected chi connectivity index (χ4v) is 4.93. The average Bonchev–Trinajstić information content (AvgIpc) is 2.99. The van der Waals surface area contributed by atoms with E-state index in [1.165, 1.54) is 11.3 Å². The molecular weight excluding hydrogens is 381 g/mol. The van der Waals surface area contributed by atoms with E-state index >= 15 is 0 Å². The van der Waals surface area contributed by atoms with E-state index in [0.717, 1.165) is 15.0 Å². The van der Waals surface area contributed by atoms with Crippen molar-refractivity contribution in [1.29, 1.82) is 0 Å². The fraction of sp³-hybridized carbons (Fsp3) is 0.231. The first-order chi connectivity index (χ1) is 11.3. The van der Waals surface area contributed by atoms with E-state index in [1.807, 2.05) is 12.1 Å². The van der Waals surface area contributed by atoms with Gasteiger partial charge >= 0.3 is 35.6 Å². The van der Waals surface area contributed by atoms with E-state index < -0.39 is 34.4 Å². The summed E-state index contributed by atoms with van der Waals surface area (Å²) in [6.45, 7) is 0.0157. The summed E-state index contributed by atoms with van der Waals surface area (Å²) in [6, 6.07) is 4.55. The first kappa shape index (κ1) is 18.6. The zero-order chi connectivity index (χ0) is 17.2. The zero-order valence-electron chi connectivity index (χ0n) is 12.9. The van der Waals surface area contributed by atoms with Gasteiger partial charge in [0.25, 0.3) is 0 Å². The number of primary amides is 1. The van der Waals surface area contributed by atoms with Crippen LogP contribution in [0.2, 0.25) is 0 Å². The molecule has 2 aliphatic heterocycles. The molecule has 0 radical (unpaired) electrons. The molecule has 25 heavy (non-hydrogen) atoms. The van der Waals surface area contributed by atoms with Crippen LogP contribution in [0.25, 0.3) is 10.1 Å². The smallest absolute Gasteiger partial charge is 0.724 e.